The van der Waals surface area contributed by atoms with Crippen LogP contribution in [0.3, 0.4) is 0 Å². The predicted octanol–water partition coefficient (Wildman–Crippen LogP) is 2.85. The van der Waals surface area contributed by atoms with Crippen LogP contribution >= 0.6 is 0 Å². The number of carbonyl (C=O) groups is 1. The van der Waals surface area contributed by atoms with E-state index in [1.807, 2.05) is 29.2 Å². The minimum absolute atomic E-state index is 0.158. The Morgan fingerprint density at radius 2 is 2.06 bits per heavy atom. The van der Waals surface area contributed by atoms with Crippen molar-refractivity contribution >= 4 is 5.91 Å². The molecule has 1 heterocycles. The summed E-state index contributed by atoms with van der Waals surface area (Å²) in [5, 5.41) is 0. The van der Waals surface area contributed by atoms with Crippen molar-refractivity contribution < 1.29 is 9.53 Å². The molecule has 1 unspecified atom stereocenters. The maximum Gasteiger partial charge on any atom is 0.254 e. The van der Waals surface area contributed by atoms with E-state index in [4.69, 9.17) is 4.74 Å². The van der Waals surface area contributed by atoms with Crippen molar-refractivity contribution in [2.24, 2.45) is 0 Å². The van der Waals surface area contributed by atoms with Crippen LogP contribution in [-0.4, -0.2) is 30.5 Å². The molecule has 3 heteroatoms. The van der Waals surface area contributed by atoms with Crippen LogP contribution in [0.4, 0.5) is 0 Å². The van der Waals surface area contributed by atoms with Gasteiger partial charge in [0.05, 0.1) is 6.61 Å². The van der Waals surface area contributed by atoms with Crippen LogP contribution in [0.2, 0.25) is 0 Å². The Hall–Kier alpha value is -1.35. The van der Waals surface area contributed by atoms with Crippen molar-refractivity contribution in [3.8, 4) is 0 Å². The Labute approximate surface area is 109 Å². The average molecular weight is 247 g/mol. The van der Waals surface area contributed by atoms with Crippen LogP contribution in [0.5, 0.6) is 0 Å². The minimum atomic E-state index is 0.158. The van der Waals surface area contributed by atoms with Gasteiger partial charge >= 0.3 is 0 Å². The molecule has 0 aliphatic carbocycles. The number of carbonyl (C=O) groups excluding carboxylic acids is 1. The summed E-state index contributed by atoms with van der Waals surface area (Å²) < 4.78 is 5.07. The summed E-state index contributed by atoms with van der Waals surface area (Å²) in [7, 11) is 1.68. The summed E-state index contributed by atoms with van der Waals surface area (Å²) >= 11 is 0. The van der Waals surface area contributed by atoms with Gasteiger partial charge in [0, 0.05) is 25.3 Å². The molecule has 0 aromatic heterocycles. The number of hydrogen-bond acceptors (Lipinski definition) is 2. The second-order valence-corrected chi connectivity index (χ2v) is 4.97. The minimum Gasteiger partial charge on any atom is -0.380 e. The van der Waals surface area contributed by atoms with Gasteiger partial charge in [-0.05, 0) is 43.9 Å². The van der Waals surface area contributed by atoms with Crippen molar-refractivity contribution in [1.29, 1.82) is 0 Å². The number of amides is 1. The first-order valence-electron chi connectivity index (χ1n) is 6.61. The Bertz CT molecular complexity index is 399. The zero-order chi connectivity index (χ0) is 13.0. The second-order valence-electron chi connectivity index (χ2n) is 4.97. The third-order valence-corrected chi connectivity index (χ3v) is 3.58. The second kappa shape index (κ2) is 6.01. The summed E-state index contributed by atoms with van der Waals surface area (Å²) in [6, 6.07) is 8.09. The van der Waals surface area contributed by atoms with Crippen molar-refractivity contribution in [1.82, 2.24) is 4.90 Å². The highest BCUT2D eigenvalue weighted by molar-refractivity contribution is 5.94. The number of benzene rings is 1. The lowest BCUT2D eigenvalue weighted by Gasteiger charge is -2.33. The number of rotatable bonds is 3. The Morgan fingerprint density at radius 3 is 2.67 bits per heavy atom. The monoisotopic (exact) mass is 247 g/mol. The maximum atomic E-state index is 12.4. The molecule has 0 spiro atoms. The van der Waals surface area contributed by atoms with Gasteiger partial charge in [0.2, 0.25) is 0 Å². The molecule has 1 aliphatic heterocycles. The van der Waals surface area contributed by atoms with Gasteiger partial charge in [-0.1, -0.05) is 12.1 Å². The fourth-order valence-corrected chi connectivity index (χ4v) is 2.48. The first kappa shape index (κ1) is 13.1. The molecular formula is C15H21NO2. The van der Waals surface area contributed by atoms with Gasteiger partial charge in [0.15, 0.2) is 0 Å². The van der Waals surface area contributed by atoms with E-state index in [1.54, 1.807) is 7.11 Å². The molecule has 2 rings (SSSR count). The van der Waals surface area contributed by atoms with Crippen molar-refractivity contribution in [2.75, 3.05) is 13.7 Å². The third kappa shape index (κ3) is 2.91. The number of methoxy groups -OCH3 is 1. The first-order chi connectivity index (χ1) is 8.72. The molecule has 1 aromatic carbocycles. The Morgan fingerprint density at radius 1 is 1.33 bits per heavy atom. The van der Waals surface area contributed by atoms with Crippen LogP contribution in [-0.2, 0) is 11.3 Å². The summed E-state index contributed by atoms with van der Waals surface area (Å²) in [6.07, 6.45) is 3.48. The van der Waals surface area contributed by atoms with Crippen LogP contribution in [0, 0.1) is 0 Å². The topological polar surface area (TPSA) is 29.5 Å². The van der Waals surface area contributed by atoms with Crippen molar-refractivity contribution in [3.05, 3.63) is 35.4 Å². The molecular weight excluding hydrogens is 226 g/mol. The molecule has 0 radical (unpaired) electrons. The zero-order valence-corrected chi connectivity index (χ0v) is 11.2. The summed E-state index contributed by atoms with van der Waals surface area (Å²) in [5.41, 5.74) is 1.88. The summed E-state index contributed by atoms with van der Waals surface area (Å²) in [6.45, 7) is 3.62. The Balaban J connectivity index is 2.08. The molecule has 1 fully saturated rings. The highest BCUT2D eigenvalue weighted by Gasteiger charge is 2.23. The first-order valence-corrected chi connectivity index (χ1v) is 6.61. The van der Waals surface area contributed by atoms with Crippen LogP contribution in [0.25, 0.3) is 0 Å². The van der Waals surface area contributed by atoms with Gasteiger partial charge in [-0.25, -0.2) is 0 Å². The van der Waals surface area contributed by atoms with Crippen molar-refractivity contribution in [3.63, 3.8) is 0 Å². The molecule has 1 atom stereocenters. The van der Waals surface area contributed by atoms with Crippen LogP contribution in [0.1, 0.15) is 42.1 Å². The molecule has 98 valence electrons. The van der Waals surface area contributed by atoms with Gasteiger partial charge in [0.25, 0.3) is 5.91 Å². The highest BCUT2D eigenvalue weighted by atomic mass is 16.5. The van der Waals surface area contributed by atoms with E-state index in [-0.39, 0.29) is 5.91 Å². The lowest BCUT2D eigenvalue weighted by Crippen LogP contribution is -2.42. The van der Waals surface area contributed by atoms with Crippen LogP contribution in [0.15, 0.2) is 24.3 Å². The molecule has 0 N–H and O–H groups in total. The van der Waals surface area contributed by atoms with Gasteiger partial charge in [-0.2, -0.15) is 0 Å². The van der Waals surface area contributed by atoms with Gasteiger partial charge in [-0.15, -0.1) is 0 Å². The SMILES string of the molecule is COCc1ccc(C(=O)N2CCCCC2C)cc1. The van der Waals surface area contributed by atoms with Crippen LogP contribution < -0.4 is 0 Å². The van der Waals surface area contributed by atoms with E-state index in [0.29, 0.717) is 12.6 Å². The normalized spacial score (nSPS) is 19.9. The largest absolute Gasteiger partial charge is 0.380 e. The fraction of sp³-hybridized carbons (Fsp3) is 0.533. The van der Waals surface area contributed by atoms with E-state index < -0.39 is 0 Å². The Kier molecular flexibility index (Phi) is 4.37. The van der Waals surface area contributed by atoms with E-state index >= 15 is 0 Å². The molecule has 1 aromatic rings. The lowest BCUT2D eigenvalue weighted by atomic mass is 10.0. The third-order valence-electron chi connectivity index (χ3n) is 3.58. The molecule has 1 amide bonds. The van der Waals surface area contributed by atoms with Gasteiger partial charge in [-0.3, -0.25) is 4.79 Å². The molecule has 1 aliphatic rings. The van der Waals surface area contributed by atoms with E-state index in [2.05, 4.69) is 6.92 Å². The average Bonchev–Trinajstić information content (AvgIpc) is 2.40. The number of hydrogen-bond donors (Lipinski definition) is 0. The van der Waals surface area contributed by atoms with E-state index in [9.17, 15) is 4.79 Å². The quantitative estimate of drug-likeness (QED) is 0.822. The molecule has 0 saturated carbocycles. The maximum absolute atomic E-state index is 12.4. The number of nitrogens with zero attached hydrogens (tertiary/aromatic N) is 1. The zero-order valence-electron chi connectivity index (χ0n) is 11.2. The molecule has 0 bridgehead atoms. The summed E-state index contributed by atoms with van der Waals surface area (Å²) in [4.78, 5) is 14.4. The molecule has 18 heavy (non-hydrogen) atoms. The number of likely N-dealkylation sites (tertiary alicyclic amines) is 1. The smallest absolute Gasteiger partial charge is 0.254 e. The lowest BCUT2D eigenvalue weighted by molar-refractivity contribution is 0.0635. The summed E-state index contributed by atoms with van der Waals surface area (Å²) in [5.74, 6) is 0.158. The van der Waals surface area contributed by atoms with E-state index in [0.717, 1.165) is 30.5 Å². The van der Waals surface area contributed by atoms with Crippen molar-refractivity contribution in [2.45, 2.75) is 38.8 Å². The molecule has 1 saturated heterocycles. The van der Waals surface area contributed by atoms with E-state index in [1.165, 1.54) is 6.42 Å². The fourth-order valence-electron chi connectivity index (χ4n) is 2.48. The van der Waals surface area contributed by atoms with Gasteiger partial charge < -0.3 is 9.64 Å². The molecule has 3 nitrogen and oxygen atoms in total. The van der Waals surface area contributed by atoms with Gasteiger partial charge in [0.1, 0.15) is 0 Å². The highest BCUT2D eigenvalue weighted by Crippen LogP contribution is 2.19. The number of piperidine rings is 1. The predicted molar refractivity (Wildman–Crippen MR) is 71.5 cm³/mol. The standard InChI is InChI=1S/C15H21NO2/c1-12-5-3-4-10-16(12)15(17)14-8-6-13(7-9-14)11-18-2/h6-9,12H,3-5,10-11H2,1-2H3. The number of ether oxygens (including phenoxy) is 1.